The predicted molar refractivity (Wildman–Crippen MR) is 107 cm³/mol. The topological polar surface area (TPSA) is 105 Å². The lowest BCUT2D eigenvalue weighted by molar-refractivity contribution is 0.0523. The van der Waals surface area contributed by atoms with E-state index in [0.717, 1.165) is 0 Å². The number of nitrogens with zero attached hydrogens (tertiary/aromatic N) is 2. The van der Waals surface area contributed by atoms with E-state index in [4.69, 9.17) is 44.6 Å². The van der Waals surface area contributed by atoms with Gasteiger partial charge in [-0.3, -0.25) is 9.78 Å². The van der Waals surface area contributed by atoms with Crippen molar-refractivity contribution < 1.29 is 20.1 Å². The van der Waals surface area contributed by atoms with Crippen LogP contribution >= 0.6 is 34.8 Å². The summed E-state index contributed by atoms with van der Waals surface area (Å²) in [5, 5.41) is 29.4. The Morgan fingerprint density at radius 1 is 1.11 bits per heavy atom. The third-order valence-electron chi connectivity index (χ3n) is 4.02. The molecule has 0 unspecified atom stereocenters. The SMILES string of the molecule is O=c1c(OC[C@@H](O)CO)c(CO)n(-c2c(Cl)cccc2Cl)c2c(Cl)cncc12. The first-order chi connectivity index (χ1) is 13.4. The van der Waals surface area contributed by atoms with E-state index in [-0.39, 0.29) is 44.0 Å². The van der Waals surface area contributed by atoms with Gasteiger partial charge in [0.1, 0.15) is 12.7 Å². The summed E-state index contributed by atoms with van der Waals surface area (Å²) in [6.45, 7) is -1.54. The van der Waals surface area contributed by atoms with Crippen molar-refractivity contribution in [3.63, 3.8) is 0 Å². The summed E-state index contributed by atoms with van der Waals surface area (Å²) in [6, 6.07) is 4.84. The molecule has 28 heavy (non-hydrogen) atoms. The van der Waals surface area contributed by atoms with Crippen LogP contribution in [0.1, 0.15) is 5.69 Å². The molecule has 1 atom stereocenters. The van der Waals surface area contributed by atoms with Crippen LogP contribution in [0.2, 0.25) is 15.1 Å². The van der Waals surface area contributed by atoms with Crippen molar-refractivity contribution >= 4 is 45.7 Å². The van der Waals surface area contributed by atoms with E-state index in [2.05, 4.69) is 4.98 Å². The summed E-state index contributed by atoms with van der Waals surface area (Å²) in [5.41, 5.74) is -0.0133. The second-order valence-corrected chi connectivity index (χ2v) is 7.06. The number of hydrogen-bond donors (Lipinski definition) is 3. The minimum atomic E-state index is -1.21. The van der Waals surface area contributed by atoms with Gasteiger partial charge in [0.05, 0.1) is 50.6 Å². The molecule has 3 rings (SSSR count). The number of ether oxygens (including phenoxy) is 1. The van der Waals surface area contributed by atoms with Crippen molar-refractivity contribution in [1.82, 2.24) is 9.55 Å². The highest BCUT2D eigenvalue weighted by Crippen LogP contribution is 2.36. The summed E-state index contributed by atoms with van der Waals surface area (Å²) in [4.78, 5) is 16.9. The highest BCUT2D eigenvalue weighted by Gasteiger charge is 2.24. The highest BCUT2D eigenvalue weighted by molar-refractivity contribution is 6.38. The van der Waals surface area contributed by atoms with Crippen LogP contribution in [-0.4, -0.2) is 44.2 Å². The molecule has 0 aliphatic heterocycles. The van der Waals surface area contributed by atoms with Gasteiger partial charge in [0, 0.05) is 12.4 Å². The third kappa shape index (κ3) is 3.69. The van der Waals surface area contributed by atoms with Crippen molar-refractivity contribution in [3.8, 4) is 11.4 Å². The normalized spacial score (nSPS) is 12.4. The lowest BCUT2D eigenvalue weighted by atomic mass is 10.1. The molecule has 2 aromatic heterocycles. The largest absolute Gasteiger partial charge is 0.485 e. The van der Waals surface area contributed by atoms with Gasteiger partial charge in [-0.25, -0.2) is 0 Å². The maximum absolute atomic E-state index is 13.0. The molecule has 0 aliphatic carbocycles. The van der Waals surface area contributed by atoms with E-state index >= 15 is 0 Å². The number of pyridine rings is 2. The van der Waals surface area contributed by atoms with E-state index in [1.165, 1.54) is 17.0 Å². The number of benzene rings is 1. The van der Waals surface area contributed by atoms with Crippen LogP contribution in [0.25, 0.3) is 16.6 Å². The van der Waals surface area contributed by atoms with E-state index in [9.17, 15) is 15.0 Å². The smallest absolute Gasteiger partial charge is 0.233 e. The minimum Gasteiger partial charge on any atom is -0.485 e. The van der Waals surface area contributed by atoms with Crippen LogP contribution < -0.4 is 10.2 Å². The molecule has 0 spiro atoms. The first kappa shape index (κ1) is 20.9. The van der Waals surface area contributed by atoms with Crippen LogP contribution in [-0.2, 0) is 6.61 Å². The molecule has 0 radical (unpaired) electrons. The quantitative estimate of drug-likeness (QED) is 0.539. The maximum atomic E-state index is 13.0. The van der Waals surface area contributed by atoms with Gasteiger partial charge in [0.25, 0.3) is 0 Å². The van der Waals surface area contributed by atoms with Crippen LogP contribution in [0.15, 0.2) is 35.4 Å². The molecule has 7 nitrogen and oxygen atoms in total. The summed E-state index contributed by atoms with van der Waals surface area (Å²) < 4.78 is 6.88. The number of fused-ring (bicyclic) bond motifs is 1. The number of aliphatic hydroxyl groups excluding tert-OH is 3. The average molecular weight is 446 g/mol. The van der Waals surface area contributed by atoms with Gasteiger partial charge in [-0.15, -0.1) is 0 Å². The van der Waals surface area contributed by atoms with Crippen LogP contribution in [0, 0.1) is 0 Å². The van der Waals surface area contributed by atoms with Gasteiger partial charge in [0.15, 0.2) is 5.75 Å². The van der Waals surface area contributed by atoms with E-state index in [1.807, 2.05) is 0 Å². The Kier molecular flexibility index (Phi) is 6.44. The average Bonchev–Trinajstić information content (AvgIpc) is 2.68. The van der Waals surface area contributed by atoms with E-state index in [1.54, 1.807) is 18.2 Å². The van der Waals surface area contributed by atoms with Crippen LogP contribution in [0.4, 0.5) is 0 Å². The number of aliphatic hydroxyl groups is 3. The Labute approximate surface area is 174 Å². The van der Waals surface area contributed by atoms with Crippen molar-refractivity contribution in [2.45, 2.75) is 12.7 Å². The number of rotatable bonds is 6. The Hall–Kier alpha value is -1.87. The van der Waals surface area contributed by atoms with Gasteiger partial charge >= 0.3 is 0 Å². The van der Waals surface area contributed by atoms with Crippen molar-refractivity contribution in [2.24, 2.45) is 0 Å². The van der Waals surface area contributed by atoms with Gasteiger partial charge in [-0.2, -0.15) is 0 Å². The summed E-state index contributed by atoms with van der Waals surface area (Å²) in [7, 11) is 0. The molecule has 0 saturated heterocycles. The monoisotopic (exact) mass is 444 g/mol. The Morgan fingerprint density at radius 3 is 2.39 bits per heavy atom. The molecular weight excluding hydrogens is 431 g/mol. The molecule has 1 aromatic carbocycles. The third-order valence-corrected chi connectivity index (χ3v) is 4.91. The Balaban J connectivity index is 2.44. The zero-order valence-corrected chi connectivity index (χ0v) is 16.5. The van der Waals surface area contributed by atoms with Crippen LogP contribution in [0.3, 0.4) is 0 Å². The summed E-state index contributed by atoms with van der Waals surface area (Å²) in [6.07, 6.45) is 1.44. The zero-order chi connectivity index (χ0) is 20.4. The highest BCUT2D eigenvalue weighted by atomic mass is 35.5. The van der Waals surface area contributed by atoms with Crippen LogP contribution in [0.5, 0.6) is 5.75 Å². The second kappa shape index (κ2) is 8.65. The predicted octanol–water partition coefficient (Wildman–Crippen LogP) is 2.57. The summed E-state index contributed by atoms with van der Waals surface area (Å²) >= 11 is 19.0. The molecule has 0 saturated carbocycles. The van der Waals surface area contributed by atoms with Gasteiger partial charge < -0.3 is 24.6 Å². The molecule has 3 aromatic rings. The first-order valence-electron chi connectivity index (χ1n) is 8.08. The minimum absolute atomic E-state index is 0.0331. The number of hydrogen-bond acceptors (Lipinski definition) is 6. The fourth-order valence-corrected chi connectivity index (χ4v) is 3.59. The van der Waals surface area contributed by atoms with Gasteiger partial charge in [-0.1, -0.05) is 40.9 Å². The first-order valence-corrected chi connectivity index (χ1v) is 9.22. The Bertz CT molecular complexity index is 1070. The van der Waals surface area contributed by atoms with Crippen molar-refractivity contribution in [1.29, 1.82) is 0 Å². The van der Waals surface area contributed by atoms with Crippen molar-refractivity contribution in [3.05, 3.63) is 61.6 Å². The van der Waals surface area contributed by atoms with Gasteiger partial charge in [-0.05, 0) is 12.1 Å². The number of aromatic nitrogens is 2. The molecule has 0 amide bonds. The lowest BCUT2D eigenvalue weighted by Crippen LogP contribution is -2.26. The molecule has 10 heteroatoms. The van der Waals surface area contributed by atoms with Crippen molar-refractivity contribution in [2.75, 3.05) is 13.2 Å². The summed E-state index contributed by atoms with van der Waals surface area (Å²) in [5.74, 6) is -0.234. The van der Waals surface area contributed by atoms with E-state index in [0.29, 0.717) is 5.69 Å². The molecule has 2 heterocycles. The molecule has 3 N–H and O–H groups in total. The Morgan fingerprint density at radius 2 is 1.79 bits per heavy atom. The fraction of sp³-hybridized carbons (Fsp3) is 0.222. The zero-order valence-electron chi connectivity index (χ0n) is 14.3. The number of para-hydroxylation sites is 1. The molecule has 0 bridgehead atoms. The molecule has 0 fully saturated rings. The fourth-order valence-electron chi connectivity index (χ4n) is 2.78. The van der Waals surface area contributed by atoms with E-state index < -0.39 is 24.7 Å². The van der Waals surface area contributed by atoms with Gasteiger partial charge in [0.2, 0.25) is 5.43 Å². The second-order valence-electron chi connectivity index (χ2n) is 5.83. The standard InChI is InChI=1S/C18H15Cl3N2O5/c19-11-2-1-3-12(20)16(11)23-14(7-25)18(28-8-9(26)6-24)17(27)10-4-22-5-13(21)15(10)23/h1-5,9,24-26H,6-8H2/t9-/m0/s1. The molecule has 148 valence electrons. The lowest BCUT2D eigenvalue weighted by Gasteiger charge is -2.22. The molecule has 0 aliphatic rings. The maximum Gasteiger partial charge on any atom is 0.233 e. The number of halogens is 3. The molecular formula is C18H15Cl3N2O5.